The van der Waals surface area contributed by atoms with Gasteiger partial charge in [-0.05, 0) is 52.2 Å². The van der Waals surface area contributed by atoms with E-state index in [1.54, 1.807) is 23.2 Å². The van der Waals surface area contributed by atoms with Gasteiger partial charge in [0.1, 0.15) is 0 Å². The van der Waals surface area contributed by atoms with Crippen LogP contribution >= 0.6 is 12.2 Å². The molecule has 1 amide bonds. The average Bonchev–Trinajstić information content (AvgIpc) is 2.83. The second-order valence-corrected chi connectivity index (χ2v) is 7.57. The molecule has 2 aromatic rings. The van der Waals surface area contributed by atoms with Gasteiger partial charge >= 0.3 is 0 Å². The normalized spacial score (nSPS) is 11.6. The van der Waals surface area contributed by atoms with Crippen LogP contribution in [0.1, 0.15) is 20.8 Å². The highest BCUT2D eigenvalue weighted by Gasteiger charge is 2.17. The molecule has 0 aliphatic heterocycles. The maximum atomic E-state index is 12.1. The van der Waals surface area contributed by atoms with Crippen LogP contribution in [-0.4, -0.2) is 49.3 Å². The largest absolute Gasteiger partial charge is 0.350 e. The van der Waals surface area contributed by atoms with Crippen molar-refractivity contribution in [3.05, 3.63) is 42.0 Å². The van der Waals surface area contributed by atoms with Gasteiger partial charge < -0.3 is 5.32 Å². The van der Waals surface area contributed by atoms with Gasteiger partial charge in [0, 0.05) is 30.0 Å². The third-order valence-corrected chi connectivity index (χ3v) is 3.89. The van der Waals surface area contributed by atoms with Crippen molar-refractivity contribution < 1.29 is 4.79 Å². The van der Waals surface area contributed by atoms with Crippen molar-refractivity contribution in [3.8, 4) is 11.4 Å². The monoisotopic (exact) mass is 374 g/mol. The van der Waals surface area contributed by atoms with Gasteiger partial charge in [-0.2, -0.15) is 5.10 Å². The predicted octanol–water partition coefficient (Wildman–Crippen LogP) is 2.47. The second-order valence-electron chi connectivity index (χ2n) is 7.20. The Kier molecular flexibility index (Phi) is 6.44. The Morgan fingerprint density at radius 2 is 2.19 bits per heavy atom. The van der Waals surface area contributed by atoms with E-state index in [2.05, 4.69) is 22.0 Å². The van der Waals surface area contributed by atoms with Crippen molar-refractivity contribution in [1.29, 1.82) is 0 Å². The zero-order valence-electron chi connectivity index (χ0n) is 15.8. The van der Waals surface area contributed by atoms with E-state index in [-0.39, 0.29) is 18.0 Å². The first-order valence-corrected chi connectivity index (χ1v) is 8.80. The van der Waals surface area contributed by atoms with E-state index in [0.717, 1.165) is 11.4 Å². The Hall–Kier alpha value is -2.32. The highest BCUT2D eigenvalue weighted by Crippen LogP contribution is 2.17. The summed E-state index contributed by atoms with van der Waals surface area (Å²) in [5, 5.41) is 7.58. The van der Waals surface area contributed by atoms with Gasteiger partial charge in [-0.1, -0.05) is 6.08 Å². The van der Waals surface area contributed by atoms with Crippen LogP contribution in [0.15, 0.2) is 37.2 Å². The number of amides is 1. The third kappa shape index (κ3) is 5.34. The summed E-state index contributed by atoms with van der Waals surface area (Å²) in [4.78, 5) is 18.1. The molecule has 0 radical (unpaired) electrons. The molecule has 140 valence electrons. The van der Waals surface area contributed by atoms with E-state index in [1.807, 2.05) is 49.4 Å². The summed E-state index contributed by atoms with van der Waals surface area (Å²) in [6, 6.07) is 3.80. The first kappa shape index (κ1) is 20.0. The summed E-state index contributed by atoms with van der Waals surface area (Å²) in [6.07, 6.45) is 5.25. The number of hydrogen-bond acceptors (Lipinski definition) is 5. The van der Waals surface area contributed by atoms with Gasteiger partial charge in [0.25, 0.3) is 0 Å². The number of hydrogen-bond donors (Lipinski definition) is 1. The predicted molar refractivity (Wildman–Crippen MR) is 105 cm³/mol. The summed E-state index contributed by atoms with van der Waals surface area (Å²) < 4.78 is 4.19. The van der Waals surface area contributed by atoms with E-state index >= 15 is 0 Å². The fourth-order valence-corrected chi connectivity index (χ4v) is 2.78. The van der Waals surface area contributed by atoms with Gasteiger partial charge in [-0.15, -0.1) is 6.58 Å². The Bertz CT molecular complexity index is 818. The van der Waals surface area contributed by atoms with Gasteiger partial charge in [-0.3, -0.25) is 19.2 Å². The van der Waals surface area contributed by atoms with Crippen molar-refractivity contribution in [2.45, 2.75) is 39.5 Å². The van der Waals surface area contributed by atoms with Gasteiger partial charge in [0.15, 0.2) is 10.6 Å². The molecule has 0 bridgehead atoms. The minimum atomic E-state index is -0.257. The SMILES string of the molecule is C=CCn1c(-c2cccnc2)nn(CN(C)CC(=O)NC(C)(C)C)c1=S. The number of carbonyl (C=O) groups excluding carboxylic acids is 1. The van der Waals surface area contributed by atoms with Crippen LogP contribution in [0.2, 0.25) is 0 Å². The minimum Gasteiger partial charge on any atom is -0.350 e. The van der Waals surface area contributed by atoms with E-state index in [9.17, 15) is 4.79 Å². The first-order chi connectivity index (χ1) is 12.2. The fraction of sp³-hybridized carbons (Fsp3) is 0.444. The smallest absolute Gasteiger partial charge is 0.234 e. The molecule has 0 saturated carbocycles. The Morgan fingerprint density at radius 1 is 1.46 bits per heavy atom. The summed E-state index contributed by atoms with van der Waals surface area (Å²) >= 11 is 5.57. The van der Waals surface area contributed by atoms with Crippen LogP contribution in [0.5, 0.6) is 0 Å². The molecule has 26 heavy (non-hydrogen) atoms. The molecule has 0 unspecified atom stereocenters. The number of carbonyl (C=O) groups is 1. The highest BCUT2D eigenvalue weighted by atomic mass is 32.1. The molecular weight excluding hydrogens is 348 g/mol. The number of allylic oxidation sites excluding steroid dienone is 1. The van der Waals surface area contributed by atoms with E-state index < -0.39 is 0 Å². The number of likely N-dealkylation sites (N-methyl/N-ethyl adjacent to an activating group) is 1. The number of rotatable bonds is 7. The number of aromatic nitrogens is 4. The number of nitrogens with zero attached hydrogens (tertiary/aromatic N) is 5. The molecule has 8 heteroatoms. The average molecular weight is 375 g/mol. The van der Waals surface area contributed by atoms with E-state index in [0.29, 0.717) is 18.0 Å². The molecule has 0 saturated heterocycles. The molecule has 0 aromatic carbocycles. The maximum absolute atomic E-state index is 12.1. The summed E-state index contributed by atoms with van der Waals surface area (Å²) in [5.74, 6) is 0.695. The lowest BCUT2D eigenvalue weighted by Gasteiger charge is -2.23. The van der Waals surface area contributed by atoms with Crippen LogP contribution in [0, 0.1) is 4.77 Å². The van der Waals surface area contributed by atoms with Crippen LogP contribution in [0.25, 0.3) is 11.4 Å². The van der Waals surface area contributed by atoms with E-state index in [4.69, 9.17) is 12.2 Å². The molecule has 7 nitrogen and oxygen atoms in total. The van der Waals surface area contributed by atoms with Crippen LogP contribution in [0.3, 0.4) is 0 Å². The molecule has 0 atom stereocenters. The van der Waals surface area contributed by atoms with Crippen LogP contribution < -0.4 is 5.32 Å². The maximum Gasteiger partial charge on any atom is 0.234 e. The van der Waals surface area contributed by atoms with E-state index in [1.165, 1.54) is 0 Å². The van der Waals surface area contributed by atoms with Gasteiger partial charge in [-0.25, -0.2) is 4.68 Å². The number of pyridine rings is 1. The molecule has 0 aliphatic carbocycles. The quantitative estimate of drug-likeness (QED) is 0.596. The number of nitrogens with one attached hydrogen (secondary N) is 1. The topological polar surface area (TPSA) is 68.0 Å². The molecule has 2 aromatic heterocycles. The molecule has 2 heterocycles. The van der Waals surface area contributed by atoms with Crippen molar-refractivity contribution in [3.63, 3.8) is 0 Å². The zero-order valence-corrected chi connectivity index (χ0v) is 16.6. The molecule has 0 aliphatic rings. The fourth-order valence-electron chi connectivity index (χ4n) is 2.52. The Balaban J connectivity index is 2.21. The molecule has 2 rings (SSSR count). The molecule has 0 fully saturated rings. The summed E-state index contributed by atoms with van der Waals surface area (Å²) in [5.41, 5.74) is 0.625. The lowest BCUT2D eigenvalue weighted by atomic mass is 10.1. The van der Waals surface area contributed by atoms with Gasteiger partial charge in [0.2, 0.25) is 5.91 Å². The van der Waals surface area contributed by atoms with Crippen molar-refractivity contribution in [2.75, 3.05) is 13.6 Å². The molecule has 1 N–H and O–H groups in total. The van der Waals surface area contributed by atoms with Crippen LogP contribution in [0.4, 0.5) is 0 Å². The molecule has 0 spiro atoms. The van der Waals surface area contributed by atoms with Crippen molar-refractivity contribution in [2.24, 2.45) is 0 Å². The third-order valence-electron chi connectivity index (χ3n) is 3.46. The van der Waals surface area contributed by atoms with Gasteiger partial charge in [0.05, 0.1) is 13.2 Å². The standard InChI is InChI=1S/C18H26N6OS/c1-6-10-23-16(14-8-7-9-19-11-14)21-24(17(23)26)13-22(5)12-15(25)20-18(2,3)4/h6-9,11H,1,10,12-13H2,2-5H3,(H,20,25). The van der Waals surface area contributed by atoms with Crippen molar-refractivity contribution >= 4 is 18.1 Å². The highest BCUT2D eigenvalue weighted by molar-refractivity contribution is 7.71. The molecular formula is C18H26N6OS. The lowest BCUT2D eigenvalue weighted by molar-refractivity contribution is -0.123. The second kappa shape index (κ2) is 8.37. The van der Waals surface area contributed by atoms with Crippen LogP contribution in [-0.2, 0) is 18.0 Å². The lowest BCUT2D eigenvalue weighted by Crippen LogP contribution is -2.45. The summed E-state index contributed by atoms with van der Waals surface area (Å²) in [7, 11) is 1.86. The Labute approximate surface area is 159 Å². The van der Waals surface area contributed by atoms with Crippen molar-refractivity contribution in [1.82, 2.24) is 29.5 Å². The summed E-state index contributed by atoms with van der Waals surface area (Å²) in [6.45, 7) is 10.9. The zero-order chi connectivity index (χ0) is 19.3. The first-order valence-electron chi connectivity index (χ1n) is 8.40. The minimum absolute atomic E-state index is 0.0375. The Morgan fingerprint density at radius 3 is 2.77 bits per heavy atom.